The lowest BCUT2D eigenvalue weighted by atomic mass is 10.1. The molecular formula is C22H19ClO7S. The number of methoxy groups -OCH3 is 2. The molecule has 0 aliphatic heterocycles. The van der Waals surface area contributed by atoms with Gasteiger partial charge in [0.25, 0.3) is 0 Å². The summed E-state index contributed by atoms with van der Waals surface area (Å²) in [7, 11) is 2.73. The number of hydrogen-bond acceptors (Lipinski definition) is 7. The molecule has 0 spiro atoms. The number of carbonyl (C=O) groups is 2. The number of carbonyl (C=O) groups excluding carboxylic acids is 2. The van der Waals surface area contributed by atoms with Crippen molar-refractivity contribution < 1.29 is 33.1 Å². The van der Waals surface area contributed by atoms with Gasteiger partial charge >= 0.3 is 11.9 Å². The van der Waals surface area contributed by atoms with Crippen molar-refractivity contribution in [2.24, 2.45) is 0 Å². The van der Waals surface area contributed by atoms with Crippen molar-refractivity contribution in [3.63, 3.8) is 0 Å². The third kappa shape index (κ3) is 4.56. The molecule has 0 aliphatic carbocycles. The molecule has 3 rings (SSSR count). The average Bonchev–Trinajstić information content (AvgIpc) is 2.73. The molecule has 3 aromatic rings. The van der Waals surface area contributed by atoms with E-state index in [0.717, 1.165) is 0 Å². The van der Waals surface area contributed by atoms with Crippen molar-refractivity contribution in [1.82, 2.24) is 0 Å². The molecule has 0 aromatic heterocycles. The molecule has 0 heterocycles. The highest BCUT2D eigenvalue weighted by molar-refractivity contribution is 7.91. The molecule has 0 N–H and O–H groups in total. The Kier molecular flexibility index (Phi) is 6.94. The molecule has 0 aliphatic rings. The van der Waals surface area contributed by atoms with Crippen LogP contribution in [-0.4, -0.2) is 30.7 Å². The second-order valence-electron chi connectivity index (χ2n) is 6.32. The first-order valence-electron chi connectivity index (χ1n) is 9.03. The van der Waals surface area contributed by atoms with Gasteiger partial charge in [-0.2, -0.15) is 0 Å². The summed E-state index contributed by atoms with van der Waals surface area (Å²) < 4.78 is 34.7. The lowest BCUT2D eigenvalue weighted by Crippen LogP contribution is -2.09. The first-order chi connectivity index (χ1) is 14.8. The van der Waals surface area contributed by atoms with E-state index in [1.165, 1.54) is 28.1 Å². The van der Waals surface area contributed by atoms with Crippen LogP contribution in [0.5, 0.6) is 23.0 Å². The maximum Gasteiger partial charge on any atom is 0.308 e. The Bertz CT molecular complexity index is 1160. The second kappa shape index (κ2) is 9.47. The van der Waals surface area contributed by atoms with Crippen molar-refractivity contribution in [3.8, 4) is 23.0 Å². The fraction of sp³-hybridized carbons (Fsp3) is 0.182. The summed E-state index contributed by atoms with van der Waals surface area (Å²) in [6, 6.07) is 11.6. The van der Waals surface area contributed by atoms with Gasteiger partial charge in [-0.05, 0) is 24.3 Å². The zero-order valence-corrected chi connectivity index (χ0v) is 18.8. The van der Waals surface area contributed by atoms with Crippen LogP contribution in [0.2, 0.25) is 5.02 Å². The van der Waals surface area contributed by atoms with E-state index in [2.05, 4.69) is 0 Å². The fourth-order valence-electron chi connectivity index (χ4n) is 3.06. The maximum atomic E-state index is 13.2. The number of fused-ring (bicyclic) bond motifs is 1. The summed E-state index contributed by atoms with van der Waals surface area (Å²) in [5, 5.41) is 1.11. The second-order valence-corrected chi connectivity index (χ2v) is 8.17. The topological polar surface area (TPSA) is 94.1 Å². The molecule has 9 heteroatoms. The van der Waals surface area contributed by atoms with Gasteiger partial charge in [-0.25, -0.2) is 0 Å². The summed E-state index contributed by atoms with van der Waals surface area (Å²) >= 11 is 4.58. The van der Waals surface area contributed by atoms with E-state index in [9.17, 15) is 14.1 Å². The maximum absolute atomic E-state index is 13.2. The third-order valence-corrected chi connectivity index (χ3v) is 6.13. The number of rotatable bonds is 6. The van der Waals surface area contributed by atoms with Crippen molar-refractivity contribution in [2.75, 3.05) is 14.2 Å². The Labute approximate surface area is 187 Å². The van der Waals surface area contributed by atoms with E-state index in [1.807, 2.05) is 0 Å². The highest BCUT2D eigenvalue weighted by Gasteiger charge is 2.28. The minimum absolute atomic E-state index is 0.0516. The molecule has 0 saturated heterocycles. The normalized spacial score (nSPS) is 11.7. The van der Waals surface area contributed by atoms with Gasteiger partial charge < -0.3 is 23.5 Å². The van der Waals surface area contributed by atoms with Gasteiger partial charge in [-0.1, -0.05) is 23.7 Å². The van der Waals surface area contributed by atoms with Crippen LogP contribution in [-0.2, 0) is 20.8 Å². The van der Waals surface area contributed by atoms with E-state index >= 15 is 0 Å². The molecule has 162 valence electrons. The van der Waals surface area contributed by atoms with Gasteiger partial charge in [0, 0.05) is 41.9 Å². The molecule has 0 bridgehead atoms. The van der Waals surface area contributed by atoms with Crippen LogP contribution in [0.25, 0.3) is 10.8 Å². The van der Waals surface area contributed by atoms with Crippen LogP contribution in [0, 0.1) is 0 Å². The number of halogens is 1. The number of benzene rings is 3. The Hall–Kier alpha value is -2.94. The van der Waals surface area contributed by atoms with E-state index < -0.39 is 23.1 Å². The van der Waals surface area contributed by atoms with E-state index in [0.29, 0.717) is 25.6 Å². The number of hydrogen-bond donors (Lipinski definition) is 0. The molecule has 3 aromatic carbocycles. The van der Waals surface area contributed by atoms with E-state index in [-0.39, 0.29) is 23.0 Å². The monoisotopic (exact) mass is 462 g/mol. The van der Waals surface area contributed by atoms with Gasteiger partial charge in [-0.15, -0.1) is 0 Å². The largest absolute Gasteiger partial charge is 0.606 e. The zero-order valence-electron chi connectivity index (χ0n) is 17.2. The minimum atomic E-state index is -1.62. The van der Waals surface area contributed by atoms with Crippen LogP contribution in [0.15, 0.2) is 52.3 Å². The van der Waals surface area contributed by atoms with Crippen molar-refractivity contribution in [3.05, 3.63) is 47.5 Å². The molecule has 0 radical (unpaired) electrons. The summed E-state index contributed by atoms with van der Waals surface area (Å²) in [5.41, 5.74) is 0. The Morgan fingerprint density at radius 1 is 0.839 bits per heavy atom. The molecule has 0 fully saturated rings. The van der Waals surface area contributed by atoms with Gasteiger partial charge in [0.05, 0.1) is 19.2 Å². The van der Waals surface area contributed by atoms with Gasteiger partial charge in [0.2, 0.25) is 11.5 Å². The highest BCUT2D eigenvalue weighted by Crippen LogP contribution is 2.51. The molecule has 1 atom stereocenters. The Balaban J connectivity index is 2.33. The minimum Gasteiger partial charge on any atom is -0.606 e. The molecule has 31 heavy (non-hydrogen) atoms. The first-order valence-corrected chi connectivity index (χ1v) is 10.6. The standard InChI is InChI=1S/C22H19ClO7S/c1-12(24)29-19-15-10-9-14(31(26)18-8-6-5-7-17(18)23)11-16(15)20(30-13(2)25)22(28-4)21(19)27-3/h5-11H,1-4H3. The van der Waals surface area contributed by atoms with Gasteiger partial charge in [-0.3, -0.25) is 9.59 Å². The van der Waals surface area contributed by atoms with Crippen LogP contribution in [0.1, 0.15) is 13.8 Å². The summed E-state index contributed by atoms with van der Waals surface area (Å²) in [4.78, 5) is 24.3. The quantitative estimate of drug-likeness (QED) is 0.302. The first kappa shape index (κ1) is 22.7. The molecule has 1 unspecified atom stereocenters. The predicted octanol–water partition coefficient (Wildman–Crippen LogP) is 4.53. The van der Waals surface area contributed by atoms with E-state index in [1.54, 1.807) is 42.5 Å². The number of ether oxygens (including phenoxy) is 4. The van der Waals surface area contributed by atoms with Gasteiger partial charge in [0.15, 0.2) is 21.3 Å². The Morgan fingerprint density at radius 2 is 1.39 bits per heavy atom. The van der Waals surface area contributed by atoms with Crippen LogP contribution in [0.3, 0.4) is 0 Å². The van der Waals surface area contributed by atoms with Crippen LogP contribution >= 0.6 is 11.6 Å². The summed E-state index contributed by atoms with van der Waals surface area (Å²) in [6.45, 7) is 2.49. The SMILES string of the molecule is COc1c(OC)c(OC(C)=O)c2cc([S+]([O-])c3ccccc3Cl)ccc2c1OC(C)=O. The lowest BCUT2D eigenvalue weighted by Gasteiger charge is -2.19. The molecule has 0 saturated carbocycles. The van der Waals surface area contributed by atoms with Crippen LogP contribution in [0.4, 0.5) is 0 Å². The average molecular weight is 463 g/mol. The highest BCUT2D eigenvalue weighted by atomic mass is 35.5. The lowest BCUT2D eigenvalue weighted by molar-refractivity contribution is -0.133. The Morgan fingerprint density at radius 3 is 1.90 bits per heavy atom. The summed E-state index contributed by atoms with van der Waals surface area (Å²) in [5.74, 6) is -0.891. The number of esters is 2. The third-order valence-electron chi connectivity index (χ3n) is 4.25. The van der Waals surface area contributed by atoms with Gasteiger partial charge in [0.1, 0.15) is 0 Å². The zero-order chi connectivity index (χ0) is 22.7. The van der Waals surface area contributed by atoms with Crippen LogP contribution < -0.4 is 18.9 Å². The predicted molar refractivity (Wildman–Crippen MR) is 116 cm³/mol. The molecule has 7 nitrogen and oxygen atoms in total. The smallest absolute Gasteiger partial charge is 0.308 e. The summed E-state index contributed by atoms with van der Waals surface area (Å²) in [6.07, 6.45) is 0. The molecular weight excluding hydrogens is 444 g/mol. The molecule has 0 amide bonds. The van der Waals surface area contributed by atoms with Crippen molar-refractivity contribution >= 4 is 45.5 Å². The van der Waals surface area contributed by atoms with Crippen molar-refractivity contribution in [1.29, 1.82) is 0 Å². The van der Waals surface area contributed by atoms with Crippen molar-refractivity contribution in [2.45, 2.75) is 23.6 Å². The fourth-order valence-corrected chi connectivity index (χ4v) is 4.52. The van der Waals surface area contributed by atoms with E-state index in [4.69, 9.17) is 30.5 Å².